The van der Waals surface area contributed by atoms with Gasteiger partial charge in [0.2, 0.25) is 0 Å². The summed E-state index contributed by atoms with van der Waals surface area (Å²) in [6.07, 6.45) is 1.62. The zero-order chi connectivity index (χ0) is 14.4. The number of aromatic nitrogens is 2. The van der Waals surface area contributed by atoms with E-state index in [0.717, 1.165) is 5.56 Å². The monoisotopic (exact) mass is 346 g/mol. The van der Waals surface area contributed by atoms with Crippen molar-refractivity contribution >= 4 is 31.7 Å². The Labute approximate surface area is 118 Å². The smallest absolute Gasteiger partial charge is 0.270 e. The van der Waals surface area contributed by atoms with Gasteiger partial charge in [-0.3, -0.25) is 13.7 Å². The fourth-order valence-corrected chi connectivity index (χ4v) is 3.04. The van der Waals surface area contributed by atoms with Crippen molar-refractivity contribution in [2.45, 2.75) is 19.6 Å². The fraction of sp³-hybridized carbons (Fsp3) is 0.273. The molecule has 2 aromatic rings. The van der Waals surface area contributed by atoms with Gasteiger partial charge in [0.1, 0.15) is 5.75 Å². The molecule has 0 spiro atoms. The molecule has 0 radical (unpaired) electrons. The minimum absolute atomic E-state index is 0.0528. The Bertz CT molecular complexity index is 827. The van der Waals surface area contributed by atoms with Crippen molar-refractivity contribution in [3.8, 4) is 0 Å². The van der Waals surface area contributed by atoms with Crippen molar-refractivity contribution in [3.63, 3.8) is 0 Å². The van der Waals surface area contributed by atoms with Crippen LogP contribution in [0.1, 0.15) is 16.8 Å². The molecular weight excluding hydrogens is 336 g/mol. The zero-order valence-corrected chi connectivity index (χ0v) is 12.6. The molecule has 0 saturated heterocycles. The maximum Gasteiger partial charge on any atom is 0.270 e. The molecule has 0 aliphatic carbocycles. The second-order valence-electron chi connectivity index (χ2n) is 4.27. The summed E-state index contributed by atoms with van der Waals surface area (Å²) in [4.78, 5) is 16.3. The second-order valence-corrected chi connectivity index (χ2v) is 6.58. The van der Waals surface area contributed by atoms with Crippen molar-refractivity contribution in [2.75, 3.05) is 0 Å². The first-order valence-electron chi connectivity index (χ1n) is 5.32. The third-order valence-corrected chi connectivity index (χ3v) is 3.88. The van der Waals surface area contributed by atoms with Crippen LogP contribution in [0.4, 0.5) is 0 Å². The van der Waals surface area contributed by atoms with E-state index in [1.165, 1.54) is 11.3 Å². The lowest BCUT2D eigenvalue weighted by Gasteiger charge is -2.09. The predicted molar refractivity (Wildman–Crippen MR) is 73.9 cm³/mol. The van der Waals surface area contributed by atoms with Gasteiger partial charge in [-0.05, 0) is 41.4 Å². The van der Waals surface area contributed by atoms with Crippen LogP contribution in [0.25, 0.3) is 5.65 Å². The Morgan fingerprint density at radius 3 is 2.63 bits per heavy atom. The minimum atomic E-state index is -4.23. The zero-order valence-electron chi connectivity index (χ0n) is 10.2. The first kappa shape index (κ1) is 14.2. The highest BCUT2D eigenvalue weighted by molar-refractivity contribution is 9.10. The maximum absolute atomic E-state index is 12.2. The van der Waals surface area contributed by atoms with Crippen molar-refractivity contribution in [1.29, 1.82) is 0 Å². The standard InChI is InChI=1S/C11H11BrN2O4S/c1-6-3-8(12)10-13-9(5-19(16,17)18)7(2)11(15)14(10)4-6/h3-4H,5H2,1-2H3,(H,16,17,18). The molecule has 0 unspecified atom stereocenters. The number of aryl methyl sites for hydroxylation is 1. The van der Waals surface area contributed by atoms with Crippen molar-refractivity contribution < 1.29 is 13.0 Å². The van der Waals surface area contributed by atoms with E-state index in [9.17, 15) is 13.2 Å². The molecule has 19 heavy (non-hydrogen) atoms. The SMILES string of the molecule is Cc1cc(Br)c2nc(CS(=O)(=O)O)c(C)c(=O)n2c1. The molecule has 2 aromatic heterocycles. The van der Waals surface area contributed by atoms with Crippen LogP contribution in [0.15, 0.2) is 21.5 Å². The third kappa shape index (κ3) is 2.85. The first-order valence-corrected chi connectivity index (χ1v) is 7.72. The Morgan fingerprint density at radius 2 is 2.05 bits per heavy atom. The number of fused-ring (bicyclic) bond motifs is 1. The second kappa shape index (κ2) is 4.69. The molecule has 0 aromatic carbocycles. The molecule has 102 valence electrons. The van der Waals surface area contributed by atoms with E-state index in [0.29, 0.717) is 10.1 Å². The van der Waals surface area contributed by atoms with E-state index in [-0.39, 0.29) is 16.8 Å². The molecule has 0 aliphatic heterocycles. The van der Waals surface area contributed by atoms with Gasteiger partial charge in [-0.2, -0.15) is 8.42 Å². The largest absolute Gasteiger partial charge is 0.285 e. The quantitative estimate of drug-likeness (QED) is 0.831. The summed E-state index contributed by atoms with van der Waals surface area (Å²) in [5.74, 6) is -0.676. The van der Waals surface area contributed by atoms with Crippen LogP contribution in [-0.4, -0.2) is 22.4 Å². The van der Waals surface area contributed by atoms with Gasteiger partial charge < -0.3 is 0 Å². The molecule has 0 fully saturated rings. The van der Waals surface area contributed by atoms with E-state index in [1.807, 2.05) is 6.92 Å². The van der Waals surface area contributed by atoms with Crippen LogP contribution >= 0.6 is 15.9 Å². The van der Waals surface area contributed by atoms with Crippen LogP contribution in [-0.2, 0) is 15.9 Å². The minimum Gasteiger partial charge on any atom is -0.285 e. The Morgan fingerprint density at radius 1 is 1.42 bits per heavy atom. The van der Waals surface area contributed by atoms with Crippen LogP contribution < -0.4 is 5.56 Å². The van der Waals surface area contributed by atoms with Crippen LogP contribution in [0.5, 0.6) is 0 Å². The molecule has 0 saturated carbocycles. The Balaban J connectivity index is 2.84. The highest BCUT2D eigenvalue weighted by Gasteiger charge is 2.16. The molecule has 6 nitrogen and oxygen atoms in total. The average molecular weight is 347 g/mol. The number of hydrogen-bond acceptors (Lipinski definition) is 4. The maximum atomic E-state index is 12.2. The summed E-state index contributed by atoms with van der Waals surface area (Å²) in [7, 11) is -4.23. The summed E-state index contributed by atoms with van der Waals surface area (Å²) >= 11 is 3.29. The highest BCUT2D eigenvalue weighted by atomic mass is 79.9. The van der Waals surface area contributed by atoms with Crippen molar-refractivity contribution in [1.82, 2.24) is 9.38 Å². The number of rotatable bonds is 2. The Hall–Kier alpha value is -1.25. The van der Waals surface area contributed by atoms with Gasteiger partial charge >= 0.3 is 0 Å². The van der Waals surface area contributed by atoms with Gasteiger partial charge in [0, 0.05) is 11.8 Å². The van der Waals surface area contributed by atoms with Gasteiger partial charge in [0.05, 0.1) is 10.2 Å². The van der Waals surface area contributed by atoms with Crippen LogP contribution in [0, 0.1) is 13.8 Å². The summed E-state index contributed by atoms with van der Waals surface area (Å²) in [5.41, 5.74) is 1.09. The molecular formula is C11H11BrN2O4S. The van der Waals surface area contributed by atoms with Crippen molar-refractivity contribution in [2.24, 2.45) is 0 Å². The van der Waals surface area contributed by atoms with E-state index >= 15 is 0 Å². The molecule has 2 heterocycles. The van der Waals surface area contributed by atoms with E-state index in [4.69, 9.17) is 4.55 Å². The van der Waals surface area contributed by atoms with Crippen LogP contribution in [0.3, 0.4) is 0 Å². The summed E-state index contributed by atoms with van der Waals surface area (Å²) in [5, 5.41) is 0. The lowest BCUT2D eigenvalue weighted by Crippen LogP contribution is -2.22. The van der Waals surface area contributed by atoms with E-state index in [1.54, 1.807) is 12.3 Å². The predicted octanol–water partition coefficient (Wildman–Crippen LogP) is 1.46. The van der Waals surface area contributed by atoms with Crippen LogP contribution in [0.2, 0.25) is 0 Å². The summed E-state index contributed by atoms with van der Waals surface area (Å²) in [6.45, 7) is 3.32. The van der Waals surface area contributed by atoms with Gasteiger partial charge in [-0.25, -0.2) is 4.98 Å². The Kier molecular flexibility index (Phi) is 3.50. The number of halogens is 1. The molecule has 2 rings (SSSR count). The fourth-order valence-electron chi connectivity index (χ4n) is 1.77. The molecule has 0 amide bonds. The summed E-state index contributed by atoms with van der Waals surface area (Å²) < 4.78 is 32.7. The average Bonchev–Trinajstić information content (AvgIpc) is 2.25. The topological polar surface area (TPSA) is 88.7 Å². The third-order valence-electron chi connectivity index (χ3n) is 2.66. The van der Waals surface area contributed by atoms with Crippen molar-refractivity contribution in [3.05, 3.63) is 43.9 Å². The molecule has 1 N–H and O–H groups in total. The number of pyridine rings is 1. The van der Waals surface area contributed by atoms with Gasteiger partial charge in [-0.1, -0.05) is 0 Å². The first-order chi connectivity index (χ1) is 8.69. The van der Waals surface area contributed by atoms with Gasteiger partial charge in [0.25, 0.3) is 15.7 Å². The lowest BCUT2D eigenvalue weighted by atomic mass is 10.2. The molecule has 8 heteroatoms. The van der Waals surface area contributed by atoms with E-state index in [2.05, 4.69) is 20.9 Å². The molecule has 0 aliphatic rings. The molecule has 0 bridgehead atoms. The van der Waals surface area contributed by atoms with E-state index < -0.39 is 15.9 Å². The van der Waals surface area contributed by atoms with Gasteiger partial charge in [0.15, 0.2) is 5.65 Å². The molecule has 0 atom stereocenters. The normalized spacial score (nSPS) is 12.0. The highest BCUT2D eigenvalue weighted by Crippen LogP contribution is 2.18. The lowest BCUT2D eigenvalue weighted by molar-refractivity contribution is 0.481. The summed E-state index contributed by atoms with van der Waals surface area (Å²) in [6, 6.07) is 1.77. The number of nitrogens with zero attached hydrogens (tertiary/aromatic N) is 2. The number of hydrogen-bond donors (Lipinski definition) is 1. The van der Waals surface area contributed by atoms with Gasteiger partial charge in [-0.15, -0.1) is 0 Å².